The van der Waals surface area contributed by atoms with Crippen LogP contribution in [0.25, 0.3) is 0 Å². The third-order valence-corrected chi connectivity index (χ3v) is 6.89. The average Bonchev–Trinajstić information content (AvgIpc) is 3.18. The highest BCUT2D eigenvalue weighted by molar-refractivity contribution is 8.03. The number of nitrogens with two attached hydrogens (primary N) is 1. The Labute approximate surface area is 200 Å². The molecule has 1 fully saturated rings. The number of nitrogens with zero attached hydrogens (tertiary/aromatic N) is 3. The highest BCUT2D eigenvalue weighted by Gasteiger charge is 2.43. The van der Waals surface area contributed by atoms with Crippen molar-refractivity contribution in [1.29, 1.82) is 5.26 Å². The number of amides is 2. The zero-order valence-electron chi connectivity index (χ0n) is 17.9. The number of benzene rings is 3. The minimum Gasteiger partial charge on any atom is -0.384 e. The van der Waals surface area contributed by atoms with Gasteiger partial charge in [-0.15, -0.1) is 0 Å². The lowest BCUT2D eigenvalue weighted by atomic mass is 10.0. The summed E-state index contributed by atoms with van der Waals surface area (Å²) in [6, 6.07) is 29.7. The van der Waals surface area contributed by atoms with Crippen molar-refractivity contribution < 1.29 is 9.59 Å². The van der Waals surface area contributed by atoms with Crippen LogP contribution in [0.15, 0.2) is 113 Å². The Kier molecular flexibility index (Phi) is 5.54. The van der Waals surface area contributed by atoms with Gasteiger partial charge in [-0.1, -0.05) is 78.5 Å². The molecule has 0 radical (unpaired) electrons. The topological polar surface area (TPSA) is 102 Å². The van der Waals surface area contributed by atoms with Gasteiger partial charge in [0.2, 0.25) is 0 Å². The van der Waals surface area contributed by atoms with Gasteiger partial charge in [-0.2, -0.15) is 5.26 Å². The normalized spacial score (nSPS) is 20.4. The number of hydrogen-bond donors (Lipinski definition) is 2. The van der Waals surface area contributed by atoms with Crippen LogP contribution in [0.2, 0.25) is 0 Å². The molecule has 3 N–H and O–H groups in total. The summed E-state index contributed by atoms with van der Waals surface area (Å²) in [6.07, 6.45) is 0. The summed E-state index contributed by atoms with van der Waals surface area (Å²) < 4.78 is 0. The van der Waals surface area contributed by atoms with Crippen molar-refractivity contribution >= 4 is 35.0 Å². The number of para-hydroxylation sites is 2. The van der Waals surface area contributed by atoms with Gasteiger partial charge >= 0.3 is 0 Å². The highest BCUT2D eigenvalue weighted by atomic mass is 32.2. The van der Waals surface area contributed by atoms with Gasteiger partial charge in [0, 0.05) is 5.69 Å². The second-order valence-electron chi connectivity index (χ2n) is 7.59. The molecular formula is C26H19N5O2S. The van der Waals surface area contributed by atoms with Crippen molar-refractivity contribution in [1.82, 2.24) is 5.43 Å². The SMILES string of the molecule is N#CC1=C(N)N(c2ccccc2)/C(=C2\C(=O)NN(c3ccccc3)C2=O)SC1c1ccccc1. The number of nitrogens with one attached hydrogen (secondary N) is 1. The maximum atomic E-state index is 13.5. The van der Waals surface area contributed by atoms with Crippen LogP contribution in [0.5, 0.6) is 0 Å². The smallest absolute Gasteiger partial charge is 0.285 e. The summed E-state index contributed by atoms with van der Waals surface area (Å²) in [6.45, 7) is 0. The first-order valence-electron chi connectivity index (χ1n) is 10.5. The van der Waals surface area contributed by atoms with Gasteiger partial charge in [-0.3, -0.25) is 19.9 Å². The summed E-state index contributed by atoms with van der Waals surface area (Å²) in [7, 11) is 0. The first-order valence-corrected chi connectivity index (χ1v) is 11.4. The number of anilines is 2. The van der Waals surface area contributed by atoms with E-state index in [0.29, 0.717) is 22.0 Å². The zero-order chi connectivity index (χ0) is 23.7. The van der Waals surface area contributed by atoms with E-state index in [0.717, 1.165) is 5.56 Å². The monoisotopic (exact) mass is 465 g/mol. The number of hydrazine groups is 1. The predicted octanol–water partition coefficient (Wildman–Crippen LogP) is 3.96. The van der Waals surface area contributed by atoms with Crippen LogP contribution in [-0.2, 0) is 9.59 Å². The molecule has 34 heavy (non-hydrogen) atoms. The van der Waals surface area contributed by atoms with E-state index in [1.807, 2.05) is 66.7 Å². The van der Waals surface area contributed by atoms with Crippen molar-refractivity contribution in [2.75, 3.05) is 9.91 Å². The van der Waals surface area contributed by atoms with Crippen LogP contribution in [0, 0.1) is 11.3 Å². The lowest BCUT2D eigenvalue weighted by molar-refractivity contribution is -0.117. The number of carbonyl (C=O) groups is 2. The molecule has 0 saturated carbocycles. The highest BCUT2D eigenvalue weighted by Crippen LogP contribution is 2.50. The van der Waals surface area contributed by atoms with E-state index in [9.17, 15) is 14.9 Å². The Balaban J connectivity index is 1.71. The fourth-order valence-electron chi connectivity index (χ4n) is 3.93. The third kappa shape index (κ3) is 3.58. The standard InChI is InChI=1S/C26H19N5O2S/c27-16-20-22(17-10-4-1-5-11-17)34-26(30(23(20)28)18-12-6-2-7-13-18)21-24(32)29-31(25(21)33)19-14-8-3-9-15-19/h1-15,22H,28H2,(H,29,32)/b26-21-. The van der Waals surface area contributed by atoms with Crippen LogP contribution in [0.4, 0.5) is 11.4 Å². The van der Waals surface area contributed by atoms with Crippen molar-refractivity contribution in [3.8, 4) is 6.07 Å². The van der Waals surface area contributed by atoms with Crippen molar-refractivity contribution in [3.63, 3.8) is 0 Å². The fraction of sp³-hybridized carbons (Fsp3) is 0.0385. The molecule has 1 unspecified atom stereocenters. The summed E-state index contributed by atoms with van der Waals surface area (Å²) >= 11 is 1.26. The molecule has 5 rings (SSSR count). The Bertz CT molecular complexity index is 1360. The van der Waals surface area contributed by atoms with Gasteiger partial charge in [0.05, 0.1) is 16.5 Å². The van der Waals surface area contributed by atoms with E-state index < -0.39 is 17.1 Å². The van der Waals surface area contributed by atoms with Gasteiger partial charge in [0.15, 0.2) is 0 Å². The first-order chi connectivity index (χ1) is 16.6. The molecule has 8 heteroatoms. The van der Waals surface area contributed by atoms with Crippen LogP contribution in [0.3, 0.4) is 0 Å². The number of nitriles is 1. The van der Waals surface area contributed by atoms with Crippen molar-refractivity contribution in [2.24, 2.45) is 5.73 Å². The number of carbonyl (C=O) groups excluding carboxylic acids is 2. The molecule has 2 aliphatic heterocycles. The molecular weight excluding hydrogens is 446 g/mol. The Morgan fingerprint density at radius 3 is 2.00 bits per heavy atom. The Morgan fingerprint density at radius 1 is 0.853 bits per heavy atom. The summed E-state index contributed by atoms with van der Waals surface area (Å²) in [4.78, 5) is 28.3. The van der Waals surface area contributed by atoms with Gasteiger partial charge in [-0.05, 0) is 29.8 Å². The molecule has 0 bridgehead atoms. The molecule has 1 atom stereocenters. The number of thioether (sulfide) groups is 1. The molecule has 2 aliphatic rings. The molecule has 3 aromatic carbocycles. The largest absolute Gasteiger partial charge is 0.384 e. The van der Waals surface area contributed by atoms with Crippen LogP contribution >= 0.6 is 11.8 Å². The molecule has 3 aromatic rings. The summed E-state index contributed by atoms with van der Waals surface area (Å²) in [5.74, 6) is -0.834. The number of hydrogen-bond acceptors (Lipinski definition) is 6. The second-order valence-corrected chi connectivity index (χ2v) is 8.68. The van der Waals surface area contributed by atoms with E-state index in [1.54, 1.807) is 29.2 Å². The lowest BCUT2D eigenvalue weighted by Crippen LogP contribution is -2.35. The maximum Gasteiger partial charge on any atom is 0.285 e. The van der Waals surface area contributed by atoms with Crippen LogP contribution in [-0.4, -0.2) is 11.8 Å². The quantitative estimate of drug-likeness (QED) is 0.448. The van der Waals surface area contributed by atoms with E-state index in [4.69, 9.17) is 5.73 Å². The van der Waals surface area contributed by atoms with E-state index >= 15 is 0 Å². The molecule has 0 aromatic heterocycles. The van der Waals surface area contributed by atoms with Crippen molar-refractivity contribution in [3.05, 3.63) is 119 Å². The minimum atomic E-state index is -0.530. The minimum absolute atomic E-state index is 0.0291. The average molecular weight is 466 g/mol. The molecule has 166 valence electrons. The van der Waals surface area contributed by atoms with E-state index in [-0.39, 0.29) is 11.4 Å². The molecule has 0 aliphatic carbocycles. The third-order valence-electron chi connectivity index (χ3n) is 5.53. The molecule has 2 heterocycles. The van der Waals surface area contributed by atoms with Crippen LogP contribution < -0.4 is 21.1 Å². The molecule has 7 nitrogen and oxygen atoms in total. The molecule has 1 saturated heterocycles. The molecule has 2 amide bonds. The number of rotatable bonds is 3. The van der Waals surface area contributed by atoms with E-state index in [1.165, 1.54) is 16.8 Å². The lowest BCUT2D eigenvalue weighted by Gasteiger charge is -2.36. The first kappa shape index (κ1) is 21.4. The van der Waals surface area contributed by atoms with E-state index in [2.05, 4.69) is 11.5 Å². The van der Waals surface area contributed by atoms with Gasteiger partial charge in [0.1, 0.15) is 22.5 Å². The van der Waals surface area contributed by atoms with Gasteiger partial charge in [-0.25, -0.2) is 5.01 Å². The summed E-state index contributed by atoms with van der Waals surface area (Å²) in [5, 5.41) is 11.1. The fourth-order valence-corrected chi connectivity index (χ4v) is 5.35. The second kappa shape index (κ2) is 8.81. The Hall–Kier alpha value is -4.48. The zero-order valence-corrected chi connectivity index (χ0v) is 18.7. The van der Waals surface area contributed by atoms with Crippen molar-refractivity contribution in [2.45, 2.75) is 5.25 Å². The predicted molar refractivity (Wildman–Crippen MR) is 132 cm³/mol. The summed E-state index contributed by atoms with van der Waals surface area (Å²) in [5.41, 5.74) is 11.6. The van der Waals surface area contributed by atoms with Gasteiger partial charge < -0.3 is 5.73 Å². The van der Waals surface area contributed by atoms with Crippen LogP contribution in [0.1, 0.15) is 10.8 Å². The molecule has 0 spiro atoms. The Morgan fingerprint density at radius 2 is 1.41 bits per heavy atom. The maximum absolute atomic E-state index is 13.5. The van der Waals surface area contributed by atoms with Gasteiger partial charge in [0.25, 0.3) is 11.8 Å².